The molecule has 21 heavy (non-hydrogen) atoms. The summed E-state index contributed by atoms with van der Waals surface area (Å²) in [5.41, 5.74) is 3.71. The summed E-state index contributed by atoms with van der Waals surface area (Å²) in [5.74, 6) is -0.264. The SMILES string of the molecule is Cc1cc2c(c(=O)[nH]1)[C@H](c1c(C)nn(C)c1C)CC(=O)O2. The molecule has 3 rings (SSSR count). The van der Waals surface area contributed by atoms with Crippen LogP contribution in [0.3, 0.4) is 0 Å². The first-order valence-electron chi connectivity index (χ1n) is 6.83. The Morgan fingerprint density at radius 2 is 2.00 bits per heavy atom. The molecule has 0 saturated heterocycles. The van der Waals surface area contributed by atoms with Gasteiger partial charge in [0.1, 0.15) is 5.75 Å². The molecular formula is C15H17N3O3. The average Bonchev–Trinajstić information content (AvgIpc) is 2.61. The number of hydrogen-bond acceptors (Lipinski definition) is 4. The van der Waals surface area contributed by atoms with E-state index in [9.17, 15) is 9.59 Å². The van der Waals surface area contributed by atoms with Crippen LogP contribution in [0.4, 0.5) is 0 Å². The molecule has 6 nitrogen and oxygen atoms in total. The van der Waals surface area contributed by atoms with Crippen molar-refractivity contribution < 1.29 is 9.53 Å². The largest absolute Gasteiger partial charge is 0.426 e. The summed E-state index contributed by atoms with van der Waals surface area (Å²) in [6.07, 6.45) is 0.159. The number of ether oxygens (including phenoxy) is 1. The van der Waals surface area contributed by atoms with Gasteiger partial charge in [0.15, 0.2) is 0 Å². The van der Waals surface area contributed by atoms with Gasteiger partial charge in [0.05, 0.1) is 17.7 Å². The Kier molecular flexibility index (Phi) is 2.97. The summed E-state index contributed by atoms with van der Waals surface area (Å²) in [5, 5.41) is 4.38. The van der Waals surface area contributed by atoms with E-state index in [0.717, 1.165) is 17.0 Å². The highest BCUT2D eigenvalue weighted by molar-refractivity contribution is 5.77. The molecule has 1 aliphatic heterocycles. The van der Waals surface area contributed by atoms with Crippen LogP contribution in [0.15, 0.2) is 10.9 Å². The molecular weight excluding hydrogens is 270 g/mol. The zero-order valence-electron chi connectivity index (χ0n) is 12.5. The van der Waals surface area contributed by atoms with Gasteiger partial charge in [0.2, 0.25) is 0 Å². The second-order valence-corrected chi connectivity index (χ2v) is 5.50. The Labute approximate surface area is 121 Å². The van der Waals surface area contributed by atoms with E-state index >= 15 is 0 Å². The van der Waals surface area contributed by atoms with Gasteiger partial charge in [-0.1, -0.05) is 0 Å². The van der Waals surface area contributed by atoms with Crippen molar-refractivity contribution in [3.05, 3.63) is 44.6 Å². The molecule has 1 aliphatic rings. The molecule has 1 atom stereocenters. The second kappa shape index (κ2) is 4.58. The molecule has 0 fully saturated rings. The highest BCUT2D eigenvalue weighted by Crippen LogP contribution is 2.38. The number of rotatable bonds is 1. The summed E-state index contributed by atoms with van der Waals surface area (Å²) in [4.78, 5) is 27.0. The van der Waals surface area contributed by atoms with Crippen molar-refractivity contribution in [2.24, 2.45) is 7.05 Å². The Balaban J connectivity index is 2.27. The van der Waals surface area contributed by atoms with E-state index in [1.165, 1.54) is 0 Å². The minimum atomic E-state index is -0.319. The van der Waals surface area contributed by atoms with Gasteiger partial charge in [-0.15, -0.1) is 0 Å². The van der Waals surface area contributed by atoms with E-state index in [2.05, 4.69) is 10.1 Å². The normalized spacial score (nSPS) is 17.5. The van der Waals surface area contributed by atoms with Crippen LogP contribution in [0.1, 0.15) is 40.5 Å². The zero-order valence-corrected chi connectivity index (χ0v) is 12.5. The maximum atomic E-state index is 12.3. The first-order valence-corrected chi connectivity index (χ1v) is 6.83. The van der Waals surface area contributed by atoms with Gasteiger partial charge in [-0.3, -0.25) is 14.3 Å². The van der Waals surface area contributed by atoms with Crippen LogP contribution >= 0.6 is 0 Å². The molecule has 0 unspecified atom stereocenters. The average molecular weight is 287 g/mol. The molecule has 2 aromatic rings. The molecule has 3 heterocycles. The third-order valence-electron chi connectivity index (χ3n) is 4.02. The first kappa shape index (κ1) is 13.6. The minimum absolute atomic E-state index is 0.159. The molecule has 2 aromatic heterocycles. The predicted molar refractivity (Wildman–Crippen MR) is 76.6 cm³/mol. The van der Waals surface area contributed by atoms with Crippen molar-refractivity contribution in [3.63, 3.8) is 0 Å². The fraction of sp³-hybridized carbons (Fsp3) is 0.400. The molecule has 0 aromatic carbocycles. The number of nitrogens with one attached hydrogen (secondary N) is 1. The summed E-state index contributed by atoms with van der Waals surface area (Å²) in [7, 11) is 1.85. The van der Waals surface area contributed by atoms with E-state index in [4.69, 9.17) is 4.74 Å². The minimum Gasteiger partial charge on any atom is -0.426 e. The number of fused-ring (bicyclic) bond motifs is 1. The number of aromatic amines is 1. The fourth-order valence-electron chi connectivity index (χ4n) is 3.06. The van der Waals surface area contributed by atoms with E-state index < -0.39 is 0 Å². The number of carbonyl (C=O) groups is 1. The second-order valence-electron chi connectivity index (χ2n) is 5.50. The number of H-pyrrole nitrogens is 1. The lowest BCUT2D eigenvalue weighted by Gasteiger charge is -2.24. The Hall–Kier alpha value is -2.37. The summed E-state index contributed by atoms with van der Waals surface area (Å²) in [6, 6.07) is 1.70. The lowest BCUT2D eigenvalue weighted by atomic mass is 9.86. The van der Waals surface area contributed by atoms with Gasteiger partial charge in [-0.05, 0) is 20.8 Å². The van der Waals surface area contributed by atoms with E-state index in [1.807, 2.05) is 20.9 Å². The highest BCUT2D eigenvalue weighted by atomic mass is 16.5. The van der Waals surface area contributed by atoms with Crippen molar-refractivity contribution in [3.8, 4) is 5.75 Å². The number of aromatic nitrogens is 3. The lowest BCUT2D eigenvalue weighted by molar-refractivity contribution is -0.135. The van der Waals surface area contributed by atoms with Crippen molar-refractivity contribution in [2.75, 3.05) is 0 Å². The van der Waals surface area contributed by atoms with E-state index in [1.54, 1.807) is 17.7 Å². The molecule has 0 bridgehead atoms. The summed E-state index contributed by atoms with van der Waals surface area (Å²) in [6.45, 7) is 5.60. The number of hydrogen-bond donors (Lipinski definition) is 1. The van der Waals surface area contributed by atoms with Gasteiger partial charge in [0.25, 0.3) is 5.56 Å². The molecule has 0 radical (unpaired) electrons. The topological polar surface area (TPSA) is 77.0 Å². The third kappa shape index (κ3) is 2.07. The fourth-order valence-corrected chi connectivity index (χ4v) is 3.06. The lowest BCUT2D eigenvalue weighted by Crippen LogP contribution is -2.29. The predicted octanol–water partition coefficient (Wildman–Crippen LogP) is 1.47. The Bertz CT molecular complexity index is 801. The molecule has 6 heteroatoms. The molecule has 110 valence electrons. The smallest absolute Gasteiger partial charge is 0.312 e. The van der Waals surface area contributed by atoms with E-state index in [0.29, 0.717) is 17.0 Å². The van der Waals surface area contributed by atoms with Crippen LogP contribution in [-0.4, -0.2) is 20.7 Å². The molecule has 0 aliphatic carbocycles. The van der Waals surface area contributed by atoms with Crippen LogP contribution in [0, 0.1) is 20.8 Å². The van der Waals surface area contributed by atoms with Crippen LogP contribution in [0.25, 0.3) is 0 Å². The Morgan fingerprint density at radius 1 is 1.29 bits per heavy atom. The summed E-state index contributed by atoms with van der Waals surface area (Å²) < 4.78 is 7.02. The van der Waals surface area contributed by atoms with Gasteiger partial charge in [-0.2, -0.15) is 5.10 Å². The van der Waals surface area contributed by atoms with Crippen molar-refractivity contribution in [1.82, 2.24) is 14.8 Å². The standard InChI is InChI=1S/C15H17N3O3/c1-7-5-11-14(15(20)16-7)10(6-12(19)21-11)13-8(2)17-18(4)9(13)3/h5,10H,6H2,1-4H3,(H,16,20)/t10-/m0/s1. The van der Waals surface area contributed by atoms with Crippen LogP contribution in [0.5, 0.6) is 5.75 Å². The van der Waals surface area contributed by atoms with Gasteiger partial charge < -0.3 is 9.72 Å². The molecule has 0 amide bonds. The quantitative estimate of drug-likeness (QED) is 0.806. The van der Waals surface area contributed by atoms with Crippen molar-refractivity contribution >= 4 is 5.97 Å². The highest BCUT2D eigenvalue weighted by Gasteiger charge is 2.34. The monoisotopic (exact) mass is 287 g/mol. The van der Waals surface area contributed by atoms with Crippen LogP contribution in [0.2, 0.25) is 0 Å². The Morgan fingerprint density at radius 3 is 2.62 bits per heavy atom. The molecule has 1 N–H and O–H groups in total. The van der Waals surface area contributed by atoms with Gasteiger partial charge >= 0.3 is 5.97 Å². The van der Waals surface area contributed by atoms with Crippen molar-refractivity contribution in [1.29, 1.82) is 0 Å². The number of pyridine rings is 1. The van der Waals surface area contributed by atoms with Crippen LogP contribution in [-0.2, 0) is 11.8 Å². The van der Waals surface area contributed by atoms with Crippen LogP contribution < -0.4 is 10.3 Å². The summed E-state index contributed by atoms with van der Waals surface area (Å²) >= 11 is 0. The van der Waals surface area contributed by atoms with Gasteiger partial charge in [-0.25, -0.2) is 0 Å². The molecule has 0 saturated carbocycles. The number of carbonyl (C=O) groups excluding carboxylic acids is 1. The number of esters is 1. The third-order valence-corrected chi connectivity index (χ3v) is 4.02. The van der Waals surface area contributed by atoms with Crippen molar-refractivity contribution in [2.45, 2.75) is 33.1 Å². The maximum Gasteiger partial charge on any atom is 0.312 e. The number of nitrogens with zero attached hydrogens (tertiary/aromatic N) is 2. The number of aryl methyl sites for hydroxylation is 3. The first-order chi connectivity index (χ1) is 9.88. The van der Waals surface area contributed by atoms with Gasteiger partial charge in [0, 0.05) is 36.0 Å². The zero-order chi connectivity index (χ0) is 15.3. The maximum absolute atomic E-state index is 12.3. The molecule has 0 spiro atoms. The van der Waals surface area contributed by atoms with E-state index in [-0.39, 0.29) is 23.9 Å².